The van der Waals surface area contributed by atoms with E-state index in [-0.39, 0.29) is 5.57 Å². The van der Waals surface area contributed by atoms with Crippen LogP contribution >= 0.6 is 0 Å². The van der Waals surface area contributed by atoms with Crippen LogP contribution in [0.3, 0.4) is 0 Å². The van der Waals surface area contributed by atoms with Gasteiger partial charge in [0.25, 0.3) is 0 Å². The van der Waals surface area contributed by atoms with E-state index in [9.17, 15) is 9.90 Å². The van der Waals surface area contributed by atoms with Crippen molar-refractivity contribution in [3.05, 3.63) is 64.4 Å². The fourth-order valence-corrected chi connectivity index (χ4v) is 3.20. The molecule has 0 amide bonds. The summed E-state index contributed by atoms with van der Waals surface area (Å²) in [5, 5.41) is 9.43. The minimum atomic E-state index is -1.15. The maximum Gasteiger partial charge on any atom is 0.335 e. The third-order valence-corrected chi connectivity index (χ3v) is 4.96. The summed E-state index contributed by atoms with van der Waals surface area (Å²) < 4.78 is 5.89. The number of ether oxygens (including phenoxy) is 1. The number of hydrogen-bond acceptors (Lipinski definition) is 2. The van der Waals surface area contributed by atoms with Crippen LogP contribution in [-0.2, 0) is 15.1 Å². The first kappa shape index (κ1) is 16.1. The van der Waals surface area contributed by atoms with E-state index in [1.165, 1.54) is 5.56 Å². The van der Waals surface area contributed by atoms with E-state index in [0.717, 1.165) is 27.8 Å². The van der Waals surface area contributed by atoms with Gasteiger partial charge in [0.2, 0.25) is 0 Å². The van der Waals surface area contributed by atoms with Crippen LogP contribution in [0.5, 0.6) is 0 Å². The zero-order chi connectivity index (χ0) is 17.0. The first-order valence-electron chi connectivity index (χ1n) is 7.15. The molecule has 1 aliphatic heterocycles. The molecule has 1 aromatic rings. The van der Waals surface area contributed by atoms with Crippen molar-refractivity contribution in [3.63, 3.8) is 0 Å². The molecule has 116 valence electrons. The summed E-state index contributed by atoms with van der Waals surface area (Å²) in [6, 6.07) is 0. The highest BCUT2D eigenvalue weighted by Crippen LogP contribution is 2.49. The SMILES string of the molecule is C=C1OC(C)(C(=C)C(=O)O)c2c(C)c(C)c(C)c(C)c2C1=C. The number of fused-ring (bicyclic) bond motifs is 1. The molecule has 0 spiro atoms. The summed E-state index contributed by atoms with van der Waals surface area (Å²) in [6.07, 6.45) is 0. The van der Waals surface area contributed by atoms with Gasteiger partial charge >= 0.3 is 5.97 Å². The zero-order valence-electron chi connectivity index (χ0n) is 13.9. The van der Waals surface area contributed by atoms with Crippen LogP contribution in [0.25, 0.3) is 5.57 Å². The zero-order valence-corrected chi connectivity index (χ0v) is 13.9. The van der Waals surface area contributed by atoms with Gasteiger partial charge in [-0.1, -0.05) is 19.7 Å². The van der Waals surface area contributed by atoms with Crippen LogP contribution in [0.4, 0.5) is 0 Å². The summed E-state index contributed by atoms with van der Waals surface area (Å²) in [6.45, 7) is 21.6. The van der Waals surface area contributed by atoms with Gasteiger partial charge in [-0.15, -0.1) is 0 Å². The predicted molar refractivity (Wildman–Crippen MR) is 88.8 cm³/mol. The average molecular weight is 298 g/mol. The van der Waals surface area contributed by atoms with Crippen molar-refractivity contribution in [3.8, 4) is 0 Å². The normalized spacial score (nSPS) is 20.4. The predicted octanol–water partition coefficient (Wildman–Crippen LogP) is 4.33. The van der Waals surface area contributed by atoms with Crippen molar-refractivity contribution in [2.24, 2.45) is 0 Å². The van der Waals surface area contributed by atoms with Gasteiger partial charge < -0.3 is 9.84 Å². The Balaban J connectivity index is 2.97. The summed E-state index contributed by atoms with van der Waals surface area (Å²) in [5.74, 6) is -0.688. The van der Waals surface area contributed by atoms with Crippen LogP contribution in [0.15, 0.2) is 31.1 Å². The van der Waals surface area contributed by atoms with Crippen LogP contribution < -0.4 is 0 Å². The van der Waals surface area contributed by atoms with Crippen molar-refractivity contribution >= 4 is 11.5 Å². The van der Waals surface area contributed by atoms with E-state index in [1.807, 2.05) is 20.8 Å². The molecule has 1 aromatic carbocycles. The molecule has 0 saturated carbocycles. The van der Waals surface area contributed by atoms with E-state index >= 15 is 0 Å². The Morgan fingerprint density at radius 3 is 2.05 bits per heavy atom. The average Bonchev–Trinajstić information content (AvgIpc) is 2.45. The first-order valence-corrected chi connectivity index (χ1v) is 7.15. The lowest BCUT2D eigenvalue weighted by molar-refractivity contribution is -0.135. The maximum atomic E-state index is 11.5. The number of rotatable bonds is 2. The minimum absolute atomic E-state index is 0.00634. The molecule has 0 aromatic heterocycles. The molecule has 0 saturated heterocycles. The third-order valence-electron chi connectivity index (χ3n) is 4.96. The molecule has 0 aliphatic carbocycles. The standard InChI is InChI=1S/C19H22O3/c1-9-10(2)12(4)17-16(11(9)3)13(5)15(7)22-19(17,8)14(6)18(20)21/h5-7H2,1-4,8H3,(H,20,21). The lowest BCUT2D eigenvalue weighted by Gasteiger charge is -2.41. The highest BCUT2D eigenvalue weighted by atomic mass is 16.5. The number of benzene rings is 1. The number of carbonyl (C=O) groups is 1. The van der Waals surface area contributed by atoms with Gasteiger partial charge in [0, 0.05) is 11.1 Å². The number of allylic oxidation sites excluding steroid dienone is 1. The Kier molecular flexibility index (Phi) is 3.56. The summed E-state index contributed by atoms with van der Waals surface area (Å²) in [7, 11) is 0. The van der Waals surface area contributed by atoms with Gasteiger partial charge in [-0.05, 0) is 62.4 Å². The highest BCUT2D eigenvalue weighted by molar-refractivity contribution is 5.92. The van der Waals surface area contributed by atoms with Crippen molar-refractivity contribution in [1.82, 2.24) is 0 Å². The molecule has 0 fully saturated rings. The lowest BCUT2D eigenvalue weighted by Crippen LogP contribution is -2.37. The number of hydrogen-bond donors (Lipinski definition) is 1. The molecule has 0 bridgehead atoms. The minimum Gasteiger partial charge on any atom is -0.478 e. The molecule has 1 atom stereocenters. The van der Waals surface area contributed by atoms with E-state index < -0.39 is 11.6 Å². The van der Waals surface area contributed by atoms with Crippen molar-refractivity contribution in [2.45, 2.75) is 40.2 Å². The maximum absolute atomic E-state index is 11.5. The van der Waals surface area contributed by atoms with Gasteiger partial charge in [0.15, 0.2) is 5.60 Å². The molecule has 1 heterocycles. The largest absolute Gasteiger partial charge is 0.478 e. The van der Waals surface area contributed by atoms with E-state index in [2.05, 4.69) is 26.7 Å². The lowest BCUT2D eigenvalue weighted by atomic mass is 9.74. The Morgan fingerprint density at radius 2 is 1.55 bits per heavy atom. The quantitative estimate of drug-likeness (QED) is 0.826. The van der Waals surface area contributed by atoms with Crippen LogP contribution in [0, 0.1) is 27.7 Å². The summed E-state index contributed by atoms with van der Waals surface area (Å²) in [5.41, 5.74) is 5.71. The summed E-state index contributed by atoms with van der Waals surface area (Å²) in [4.78, 5) is 11.5. The second-order valence-corrected chi connectivity index (χ2v) is 6.07. The van der Waals surface area contributed by atoms with E-state index in [1.54, 1.807) is 6.92 Å². The Labute approximate surface area is 131 Å². The van der Waals surface area contributed by atoms with Gasteiger partial charge in [-0.25, -0.2) is 4.79 Å². The molecule has 22 heavy (non-hydrogen) atoms. The van der Waals surface area contributed by atoms with Gasteiger partial charge in [-0.2, -0.15) is 0 Å². The Hall–Kier alpha value is -2.29. The second-order valence-electron chi connectivity index (χ2n) is 6.07. The number of carboxylic acid groups (broad SMARTS) is 1. The van der Waals surface area contributed by atoms with Gasteiger partial charge in [0.1, 0.15) is 5.76 Å². The molecule has 1 N–H and O–H groups in total. The molecule has 3 nitrogen and oxygen atoms in total. The fraction of sp³-hybridized carbons (Fsp3) is 0.316. The van der Waals surface area contributed by atoms with Crippen LogP contribution in [0.2, 0.25) is 0 Å². The molecular weight excluding hydrogens is 276 g/mol. The first-order chi connectivity index (χ1) is 10.0. The van der Waals surface area contributed by atoms with Crippen LogP contribution in [-0.4, -0.2) is 11.1 Å². The number of aliphatic carboxylic acids is 1. The van der Waals surface area contributed by atoms with E-state index in [4.69, 9.17) is 4.74 Å². The Morgan fingerprint density at radius 1 is 1.05 bits per heavy atom. The second kappa shape index (κ2) is 4.87. The molecular formula is C19H22O3. The molecule has 1 unspecified atom stereocenters. The molecule has 3 heteroatoms. The molecule has 1 aliphatic rings. The van der Waals surface area contributed by atoms with Gasteiger partial charge in [0.05, 0.1) is 5.57 Å². The van der Waals surface area contributed by atoms with E-state index in [0.29, 0.717) is 11.3 Å². The summed E-state index contributed by atoms with van der Waals surface area (Å²) >= 11 is 0. The number of carboxylic acids is 1. The van der Waals surface area contributed by atoms with Gasteiger partial charge in [-0.3, -0.25) is 0 Å². The smallest absolute Gasteiger partial charge is 0.335 e. The molecule has 0 radical (unpaired) electrons. The van der Waals surface area contributed by atoms with Crippen molar-refractivity contribution in [2.75, 3.05) is 0 Å². The van der Waals surface area contributed by atoms with Crippen molar-refractivity contribution < 1.29 is 14.6 Å². The fourth-order valence-electron chi connectivity index (χ4n) is 3.20. The van der Waals surface area contributed by atoms with Crippen LogP contribution in [0.1, 0.15) is 40.3 Å². The molecule has 2 rings (SSSR count). The monoisotopic (exact) mass is 298 g/mol. The van der Waals surface area contributed by atoms with Crippen molar-refractivity contribution in [1.29, 1.82) is 0 Å². The third kappa shape index (κ3) is 1.92. The Bertz CT molecular complexity index is 753. The topological polar surface area (TPSA) is 46.5 Å². The highest BCUT2D eigenvalue weighted by Gasteiger charge is 2.44.